The van der Waals surface area contributed by atoms with E-state index in [2.05, 4.69) is 5.32 Å². The number of hydrogen-bond acceptors (Lipinski definition) is 3. The number of methoxy groups -OCH3 is 1. The highest BCUT2D eigenvalue weighted by Gasteiger charge is 2.37. The summed E-state index contributed by atoms with van der Waals surface area (Å²) in [5.41, 5.74) is 0.998. The molecule has 1 unspecified atom stereocenters. The van der Waals surface area contributed by atoms with E-state index in [1.807, 2.05) is 24.3 Å². The number of carbonyl (C=O) groups is 2. The molecular formula is C15H19NO4. The van der Waals surface area contributed by atoms with E-state index < -0.39 is 12.0 Å². The van der Waals surface area contributed by atoms with E-state index in [1.165, 1.54) is 0 Å². The van der Waals surface area contributed by atoms with Gasteiger partial charge in [-0.25, -0.2) is 4.79 Å². The normalized spacial score (nSPS) is 15.4. The topological polar surface area (TPSA) is 75.6 Å². The molecule has 5 nitrogen and oxygen atoms in total. The monoisotopic (exact) mass is 277 g/mol. The Bertz CT molecular complexity index is 496. The maximum atomic E-state index is 11.8. The molecule has 0 saturated heterocycles. The smallest absolute Gasteiger partial charge is 0.326 e. The lowest BCUT2D eigenvalue weighted by Crippen LogP contribution is -2.42. The Labute approximate surface area is 117 Å². The molecule has 0 aliphatic heterocycles. The predicted octanol–water partition coefficient (Wildman–Crippen LogP) is 1.61. The average Bonchev–Trinajstić information content (AvgIpc) is 3.27. The number of carbonyl (C=O) groups excluding carboxylic acids is 1. The van der Waals surface area contributed by atoms with Crippen LogP contribution in [-0.4, -0.2) is 30.1 Å². The third-order valence-electron chi connectivity index (χ3n) is 3.45. The van der Waals surface area contributed by atoms with Crippen LogP contribution >= 0.6 is 0 Å². The zero-order chi connectivity index (χ0) is 14.5. The zero-order valence-electron chi connectivity index (χ0n) is 11.5. The maximum Gasteiger partial charge on any atom is 0.326 e. The SMILES string of the molecule is COc1cccc(CCC(=O)NC(C(=O)O)C2CC2)c1. The van der Waals surface area contributed by atoms with Gasteiger partial charge >= 0.3 is 5.97 Å². The molecule has 0 aromatic heterocycles. The molecule has 1 aliphatic rings. The van der Waals surface area contributed by atoms with Gasteiger partial charge in [0.1, 0.15) is 11.8 Å². The van der Waals surface area contributed by atoms with Gasteiger partial charge in [-0.15, -0.1) is 0 Å². The second-order valence-electron chi connectivity index (χ2n) is 5.07. The minimum absolute atomic E-state index is 0.105. The van der Waals surface area contributed by atoms with E-state index in [0.717, 1.165) is 24.2 Å². The molecule has 1 amide bonds. The van der Waals surface area contributed by atoms with Crippen molar-refractivity contribution >= 4 is 11.9 Å². The predicted molar refractivity (Wildman–Crippen MR) is 73.6 cm³/mol. The summed E-state index contributed by atoms with van der Waals surface area (Å²) < 4.78 is 5.12. The first kappa shape index (κ1) is 14.4. The van der Waals surface area contributed by atoms with Crippen molar-refractivity contribution in [2.75, 3.05) is 7.11 Å². The fourth-order valence-electron chi connectivity index (χ4n) is 2.14. The van der Waals surface area contributed by atoms with Gasteiger partial charge in [-0.05, 0) is 42.9 Å². The van der Waals surface area contributed by atoms with E-state index >= 15 is 0 Å². The molecule has 0 heterocycles. The van der Waals surface area contributed by atoms with E-state index in [0.29, 0.717) is 6.42 Å². The minimum atomic E-state index is -0.942. The first-order valence-electron chi connectivity index (χ1n) is 6.75. The fourth-order valence-corrected chi connectivity index (χ4v) is 2.14. The number of benzene rings is 1. The first-order valence-corrected chi connectivity index (χ1v) is 6.75. The molecule has 20 heavy (non-hydrogen) atoms. The van der Waals surface area contributed by atoms with Crippen molar-refractivity contribution in [2.45, 2.75) is 31.7 Å². The Balaban J connectivity index is 1.83. The van der Waals surface area contributed by atoms with E-state index in [4.69, 9.17) is 9.84 Å². The molecule has 108 valence electrons. The van der Waals surface area contributed by atoms with Crippen molar-refractivity contribution in [3.05, 3.63) is 29.8 Å². The second-order valence-corrected chi connectivity index (χ2v) is 5.07. The number of carboxylic acids is 1. The zero-order valence-corrected chi connectivity index (χ0v) is 11.5. The molecule has 1 saturated carbocycles. The number of nitrogens with one attached hydrogen (secondary N) is 1. The standard InChI is InChI=1S/C15H19NO4/c1-20-12-4-2-3-10(9-12)5-8-13(17)16-14(15(18)19)11-6-7-11/h2-4,9,11,14H,5-8H2,1H3,(H,16,17)(H,18,19). The third kappa shape index (κ3) is 3.98. The molecule has 1 fully saturated rings. The molecule has 0 spiro atoms. The lowest BCUT2D eigenvalue weighted by atomic mass is 10.1. The lowest BCUT2D eigenvalue weighted by molar-refractivity contribution is -0.142. The quantitative estimate of drug-likeness (QED) is 0.794. The highest BCUT2D eigenvalue weighted by molar-refractivity contribution is 5.84. The van der Waals surface area contributed by atoms with E-state index in [-0.39, 0.29) is 18.2 Å². The Kier molecular flexibility index (Phi) is 4.61. The summed E-state index contributed by atoms with van der Waals surface area (Å²) in [6.45, 7) is 0. The Hall–Kier alpha value is -2.04. The van der Waals surface area contributed by atoms with Crippen molar-refractivity contribution in [3.8, 4) is 5.75 Å². The number of ether oxygens (including phenoxy) is 1. The number of amides is 1. The van der Waals surface area contributed by atoms with E-state index in [1.54, 1.807) is 7.11 Å². The van der Waals surface area contributed by atoms with Crippen LogP contribution in [0.1, 0.15) is 24.8 Å². The minimum Gasteiger partial charge on any atom is -0.497 e. The summed E-state index contributed by atoms with van der Waals surface area (Å²) in [5.74, 6) is -0.299. The number of aliphatic carboxylic acids is 1. The van der Waals surface area contributed by atoms with Crippen LogP contribution in [0.25, 0.3) is 0 Å². The summed E-state index contributed by atoms with van der Waals surface area (Å²) >= 11 is 0. The molecule has 0 radical (unpaired) electrons. The van der Waals surface area contributed by atoms with Crippen molar-refractivity contribution < 1.29 is 19.4 Å². The number of rotatable bonds is 7. The first-order chi connectivity index (χ1) is 9.60. The molecule has 5 heteroatoms. The van der Waals surface area contributed by atoms with Gasteiger partial charge < -0.3 is 15.2 Å². The average molecular weight is 277 g/mol. The number of hydrogen-bond donors (Lipinski definition) is 2. The van der Waals surface area contributed by atoms with Crippen LogP contribution in [0.5, 0.6) is 5.75 Å². The molecule has 1 atom stereocenters. The van der Waals surface area contributed by atoms with Crippen LogP contribution < -0.4 is 10.1 Å². The van der Waals surface area contributed by atoms with Crippen LogP contribution in [0.3, 0.4) is 0 Å². The Morgan fingerprint density at radius 3 is 2.80 bits per heavy atom. The Morgan fingerprint density at radius 2 is 2.20 bits per heavy atom. The Morgan fingerprint density at radius 1 is 1.45 bits per heavy atom. The van der Waals surface area contributed by atoms with Crippen LogP contribution in [-0.2, 0) is 16.0 Å². The molecule has 1 aromatic carbocycles. The van der Waals surface area contributed by atoms with Gasteiger partial charge in [-0.1, -0.05) is 12.1 Å². The third-order valence-corrected chi connectivity index (χ3v) is 3.45. The van der Waals surface area contributed by atoms with Crippen molar-refractivity contribution in [2.24, 2.45) is 5.92 Å². The largest absolute Gasteiger partial charge is 0.497 e. The number of aryl methyl sites for hydroxylation is 1. The van der Waals surface area contributed by atoms with Gasteiger partial charge in [0.25, 0.3) is 0 Å². The molecule has 1 aliphatic carbocycles. The molecule has 1 aromatic rings. The summed E-state index contributed by atoms with van der Waals surface area (Å²) in [5, 5.41) is 11.7. The summed E-state index contributed by atoms with van der Waals surface area (Å²) in [7, 11) is 1.60. The maximum absolute atomic E-state index is 11.8. The van der Waals surface area contributed by atoms with Crippen LogP contribution in [0.15, 0.2) is 24.3 Å². The van der Waals surface area contributed by atoms with Gasteiger partial charge in [0.15, 0.2) is 0 Å². The van der Waals surface area contributed by atoms with Crippen molar-refractivity contribution in [3.63, 3.8) is 0 Å². The van der Waals surface area contributed by atoms with E-state index in [9.17, 15) is 9.59 Å². The van der Waals surface area contributed by atoms with Gasteiger partial charge in [-0.3, -0.25) is 4.79 Å². The molecule has 0 bridgehead atoms. The van der Waals surface area contributed by atoms with Crippen LogP contribution in [0.4, 0.5) is 0 Å². The highest BCUT2D eigenvalue weighted by atomic mass is 16.5. The van der Waals surface area contributed by atoms with Crippen LogP contribution in [0.2, 0.25) is 0 Å². The lowest BCUT2D eigenvalue weighted by Gasteiger charge is -2.13. The van der Waals surface area contributed by atoms with Gasteiger partial charge in [0.05, 0.1) is 7.11 Å². The highest BCUT2D eigenvalue weighted by Crippen LogP contribution is 2.32. The summed E-state index contributed by atoms with van der Waals surface area (Å²) in [4.78, 5) is 22.9. The van der Waals surface area contributed by atoms with Crippen molar-refractivity contribution in [1.82, 2.24) is 5.32 Å². The molecule has 2 N–H and O–H groups in total. The summed E-state index contributed by atoms with van der Waals surface area (Å²) in [6.07, 6.45) is 2.62. The second kappa shape index (κ2) is 6.41. The van der Waals surface area contributed by atoms with Crippen molar-refractivity contribution in [1.29, 1.82) is 0 Å². The molecular weight excluding hydrogens is 258 g/mol. The van der Waals surface area contributed by atoms with Gasteiger partial charge in [-0.2, -0.15) is 0 Å². The van der Waals surface area contributed by atoms with Gasteiger partial charge in [0, 0.05) is 6.42 Å². The summed E-state index contributed by atoms with van der Waals surface area (Å²) in [6, 6.07) is 6.79. The molecule has 2 rings (SSSR count). The van der Waals surface area contributed by atoms with Crippen LogP contribution in [0, 0.1) is 5.92 Å². The number of carboxylic acid groups (broad SMARTS) is 1. The fraction of sp³-hybridized carbons (Fsp3) is 0.467. The van der Waals surface area contributed by atoms with Gasteiger partial charge in [0.2, 0.25) is 5.91 Å².